The zero-order valence-corrected chi connectivity index (χ0v) is 17.2. The number of nitrogens with one attached hydrogen (secondary N) is 1. The van der Waals surface area contributed by atoms with Gasteiger partial charge in [0.05, 0.1) is 25.3 Å². The van der Waals surface area contributed by atoms with Gasteiger partial charge < -0.3 is 20.5 Å². The van der Waals surface area contributed by atoms with E-state index in [-0.39, 0.29) is 11.9 Å². The van der Waals surface area contributed by atoms with E-state index < -0.39 is 0 Å². The number of para-hydroxylation sites is 1. The lowest BCUT2D eigenvalue weighted by Gasteiger charge is -2.10. The number of nitriles is 1. The molecule has 1 aromatic heterocycles. The molecule has 1 saturated heterocycles. The summed E-state index contributed by atoms with van der Waals surface area (Å²) in [7, 11) is 1.54. The molecule has 8 heteroatoms. The molecule has 0 aliphatic carbocycles. The maximum absolute atomic E-state index is 12.5. The summed E-state index contributed by atoms with van der Waals surface area (Å²) in [4.78, 5) is 12.5. The molecule has 1 aliphatic heterocycles. The molecule has 0 radical (unpaired) electrons. The summed E-state index contributed by atoms with van der Waals surface area (Å²) in [5.41, 5.74) is 9.30. The van der Waals surface area contributed by atoms with Gasteiger partial charge in [0.15, 0.2) is 0 Å². The molecule has 8 nitrogen and oxygen atoms in total. The molecule has 0 bridgehead atoms. The van der Waals surface area contributed by atoms with Crippen molar-refractivity contribution in [1.29, 1.82) is 5.26 Å². The van der Waals surface area contributed by atoms with E-state index in [4.69, 9.17) is 15.2 Å². The van der Waals surface area contributed by atoms with Crippen molar-refractivity contribution >= 4 is 11.7 Å². The monoisotopic (exact) mass is 417 g/mol. The van der Waals surface area contributed by atoms with Crippen molar-refractivity contribution < 1.29 is 14.3 Å². The van der Waals surface area contributed by atoms with Gasteiger partial charge in [-0.25, -0.2) is 4.68 Å². The lowest BCUT2D eigenvalue weighted by atomic mass is 10.1. The van der Waals surface area contributed by atoms with Crippen LogP contribution in [-0.4, -0.2) is 36.0 Å². The Labute approximate surface area is 180 Å². The number of amides is 1. The molecular formula is C23H23N5O3. The van der Waals surface area contributed by atoms with Gasteiger partial charge in [-0.15, -0.1) is 0 Å². The van der Waals surface area contributed by atoms with Crippen molar-refractivity contribution in [2.75, 3.05) is 26.1 Å². The molecule has 1 fully saturated rings. The van der Waals surface area contributed by atoms with Crippen molar-refractivity contribution in [2.45, 2.75) is 19.0 Å². The van der Waals surface area contributed by atoms with Crippen molar-refractivity contribution in [3.05, 3.63) is 65.2 Å². The number of benzene rings is 2. The molecule has 1 atom stereocenters. The van der Waals surface area contributed by atoms with Crippen molar-refractivity contribution in [2.24, 2.45) is 0 Å². The van der Waals surface area contributed by atoms with E-state index in [1.165, 1.54) is 7.11 Å². The zero-order valence-electron chi connectivity index (χ0n) is 17.2. The molecule has 31 heavy (non-hydrogen) atoms. The van der Waals surface area contributed by atoms with Crippen LogP contribution in [0, 0.1) is 11.3 Å². The van der Waals surface area contributed by atoms with Gasteiger partial charge in [-0.05, 0) is 24.1 Å². The second-order valence-electron chi connectivity index (χ2n) is 7.26. The molecule has 4 rings (SSSR count). The van der Waals surface area contributed by atoms with Crippen LogP contribution < -0.4 is 15.8 Å². The van der Waals surface area contributed by atoms with Crippen LogP contribution >= 0.6 is 0 Å². The third-order valence-electron chi connectivity index (χ3n) is 5.34. The highest BCUT2D eigenvalue weighted by molar-refractivity contribution is 5.96. The summed E-state index contributed by atoms with van der Waals surface area (Å²) in [5, 5.41) is 17.1. The summed E-state index contributed by atoms with van der Waals surface area (Å²) >= 11 is 0. The minimum absolute atomic E-state index is 0.0466. The molecule has 2 heterocycles. The third kappa shape index (κ3) is 4.09. The highest BCUT2D eigenvalue weighted by Gasteiger charge is 2.25. The molecule has 0 spiro atoms. The highest BCUT2D eigenvalue weighted by atomic mass is 16.5. The van der Waals surface area contributed by atoms with E-state index in [2.05, 4.69) is 16.5 Å². The zero-order chi connectivity index (χ0) is 21.8. The average Bonchev–Trinajstić information content (AvgIpc) is 3.45. The first-order valence-corrected chi connectivity index (χ1v) is 9.98. The van der Waals surface area contributed by atoms with E-state index in [1.54, 1.807) is 22.9 Å². The predicted octanol–water partition coefficient (Wildman–Crippen LogP) is 2.90. The van der Waals surface area contributed by atoms with Crippen LogP contribution in [0.3, 0.4) is 0 Å². The summed E-state index contributed by atoms with van der Waals surface area (Å²) < 4.78 is 12.4. The number of carbonyl (C=O) groups excluding carboxylic acids is 1. The molecule has 0 saturated carbocycles. The van der Waals surface area contributed by atoms with Gasteiger partial charge in [0.2, 0.25) is 0 Å². The number of anilines is 1. The molecule has 1 aliphatic rings. The molecule has 3 N–H and O–H groups in total. The fraction of sp³-hybridized carbons (Fsp3) is 0.261. The largest absolute Gasteiger partial charge is 0.496 e. The number of methoxy groups -OCH3 is 1. The fourth-order valence-corrected chi connectivity index (χ4v) is 3.64. The van der Waals surface area contributed by atoms with Gasteiger partial charge in [0.25, 0.3) is 5.91 Å². The van der Waals surface area contributed by atoms with Crippen molar-refractivity contribution in [1.82, 2.24) is 15.1 Å². The number of nitrogen functional groups attached to an aromatic ring is 1. The molecular weight excluding hydrogens is 394 g/mol. The first kappa shape index (κ1) is 20.4. The molecule has 1 unspecified atom stereocenters. The van der Waals surface area contributed by atoms with Crippen molar-refractivity contribution in [3.63, 3.8) is 0 Å². The maximum Gasteiger partial charge on any atom is 0.255 e. The van der Waals surface area contributed by atoms with Crippen LogP contribution in [0.15, 0.2) is 48.5 Å². The first-order chi connectivity index (χ1) is 15.1. The summed E-state index contributed by atoms with van der Waals surface area (Å²) in [6, 6.07) is 16.8. The SMILES string of the molecule is COc1ccccc1C(=O)NCc1ccc(-c2nn(C3CCOC3)c(N)c2C#N)cc1. The second kappa shape index (κ2) is 8.90. The van der Waals surface area contributed by atoms with Crippen LogP contribution in [0.5, 0.6) is 5.75 Å². The Morgan fingerprint density at radius 2 is 2.10 bits per heavy atom. The van der Waals surface area contributed by atoms with Crippen molar-refractivity contribution in [3.8, 4) is 23.1 Å². The Bertz CT molecular complexity index is 1130. The van der Waals surface area contributed by atoms with Gasteiger partial charge in [0.1, 0.15) is 28.9 Å². The third-order valence-corrected chi connectivity index (χ3v) is 5.34. The number of carbonyl (C=O) groups is 1. The number of ether oxygens (including phenoxy) is 2. The maximum atomic E-state index is 12.5. The van der Waals surface area contributed by atoms with Crippen LogP contribution in [-0.2, 0) is 11.3 Å². The quantitative estimate of drug-likeness (QED) is 0.637. The molecule has 1 amide bonds. The number of nitrogens with two attached hydrogens (primary N) is 1. The Morgan fingerprint density at radius 3 is 2.77 bits per heavy atom. The normalized spacial score (nSPS) is 15.4. The molecule has 3 aromatic rings. The summed E-state index contributed by atoms with van der Waals surface area (Å²) in [6.45, 7) is 1.57. The minimum atomic E-state index is -0.210. The van der Waals surface area contributed by atoms with Crippen LogP contribution in [0.4, 0.5) is 5.82 Å². The van der Waals surface area contributed by atoms with E-state index in [1.807, 2.05) is 30.3 Å². The van der Waals surface area contributed by atoms with Crippen LogP contribution in [0.2, 0.25) is 0 Å². The Kier molecular flexibility index (Phi) is 5.87. The van der Waals surface area contributed by atoms with Gasteiger partial charge in [-0.1, -0.05) is 36.4 Å². The fourth-order valence-electron chi connectivity index (χ4n) is 3.64. The topological polar surface area (TPSA) is 115 Å². The summed E-state index contributed by atoms with van der Waals surface area (Å²) in [6.07, 6.45) is 0.820. The Hall–Kier alpha value is -3.83. The number of aromatic nitrogens is 2. The predicted molar refractivity (Wildman–Crippen MR) is 115 cm³/mol. The summed E-state index contributed by atoms with van der Waals surface area (Å²) in [5.74, 6) is 0.681. The van der Waals surface area contributed by atoms with Gasteiger partial charge >= 0.3 is 0 Å². The Balaban J connectivity index is 1.49. The van der Waals surface area contributed by atoms with E-state index in [0.717, 1.165) is 17.5 Å². The lowest BCUT2D eigenvalue weighted by Crippen LogP contribution is -2.23. The standard InChI is InChI=1S/C23H23N5O3/c1-30-20-5-3-2-4-18(20)23(29)26-13-15-6-8-16(9-7-15)21-19(12-24)22(25)28(27-21)17-10-11-31-14-17/h2-9,17H,10-11,13-14,25H2,1H3,(H,26,29). The van der Waals surface area contributed by atoms with Gasteiger partial charge in [-0.2, -0.15) is 10.4 Å². The van der Waals surface area contributed by atoms with Crippen LogP contribution in [0.1, 0.15) is 33.9 Å². The van der Waals surface area contributed by atoms with Gasteiger partial charge in [0, 0.05) is 18.7 Å². The number of rotatable bonds is 6. The first-order valence-electron chi connectivity index (χ1n) is 9.98. The van der Waals surface area contributed by atoms with E-state index in [9.17, 15) is 10.1 Å². The highest BCUT2D eigenvalue weighted by Crippen LogP contribution is 2.31. The lowest BCUT2D eigenvalue weighted by molar-refractivity contribution is 0.0948. The average molecular weight is 417 g/mol. The Morgan fingerprint density at radius 1 is 1.32 bits per heavy atom. The number of hydrogen-bond donors (Lipinski definition) is 2. The number of hydrogen-bond acceptors (Lipinski definition) is 6. The smallest absolute Gasteiger partial charge is 0.255 e. The van der Waals surface area contributed by atoms with Crippen LogP contribution in [0.25, 0.3) is 11.3 Å². The minimum Gasteiger partial charge on any atom is -0.496 e. The molecule has 2 aromatic carbocycles. The second-order valence-corrected chi connectivity index (χ2v) is 7.26. The van der Waals surface area contributed by atoms with E-state index in [0.29, 0.717) is 48.1 Å². The van der Waals surface area contributed by atoms with E-state index >= 15 is 0 Å². The van der Waals surface area contributed by atoms with Gasteiger partial charge in [-0.3, -0.25) is 4.79 Å². The molecule has 158 valence electrons. The number of nitrogens with zero attached hydrogens (tertiary/aromatic N) is 3.